The van der Waals surface area contributed by atoms with Gasteiger partial charge in [0.05, 0.1) is 12.5 Å². The number of phenolic OH excluding ortho intramolecular Hbond substituents is 1. The molecular formula is C23H30N4O8. The van der Waals surface area contributed by atoms with Crippen LogP contribution in [0.25, 0.3) is 0 Å². The summed E-state index contributed by atoms with van der Waals surface area (Å²) in [6.07, 6.45) is 1.24. The van der Waals surface area contributed by atoms with Crippen molar-refractivity contribution in [2.45, 2.75) is 62.7 Å². The van der Waals surface area contributed by atoms with Crippen molar-refractivity contribution in [1.29, 1.82) is 0 Å². The first-order valence-corrected chi connectivity index (χ1v) is 11.5. The predicted octanol–water partition coefficient (Wildman–Crippen LogP) is -0.712. The van der Waals surface area contributed by atoms with E-state index in [1.807, 2.05) is 0 Å². The standard InChI is InChI=1S/C23H30N4O8/c24-15(12-19(29)30)21(32)27-10-2-4-18(27)22(33)26-9-1-3-17(26)20(31)25-16(23(34)35)11-13-5-7-14(28)8-6-13/h5-8,15-18,28H,1-4,9-12,24H2,(H,25,31)(H,29,30)(H,34,35). The molecule has 0 bridgehead atoms. The van der Waals surface area contributed by atoms with Crippen molar-refractivity contribution in [1.82, 2.24) is 15.1 Å². The number of nitrogens with two attached hydrogens (primary N) is 1. The lowest BCUT2D eigenvalue weighted by atomic mass is 10.0. The van der Waals surface area contributed by atoms with E-state index in [1.54, 1.807) is 12.1 Å². The molecule has 12 heteroatoms. The Hall–Kier alpha value is -3.67. The highest BCUT2D eigenvalue weighted by Gasteiger charge is 2.43. The van der Waals surface area contributed by atoms with E-state index >= 15 is 0 Å². The highest BCUT2D eigenvalue weighted by molar-refractivity contribution is 5.95. The summed E-state index contributed by atoms with van der Waals surface area (Å²) in [5, 5.41) is 30.4. The lowest BCUT2D eigenvalue weighted by molar-refractivity contribution is -0.149. The van der Waals surface area contributed by atoms with E-state index < -0.39 is 60.2 Å². The largest absolute Gasteiger partial charge is 0.508 e. The van der Waals surface area contributed by atoms with Crippen LogP contribution in [0.2, 0.25) is 0 Å². The SMILES string of the molecule is NC(CC(=O)O)C(=O)N1CCCC1C(=O)N1CCCC1C(=O)NC(Cc1ccc(O)cc1)C(=O)O. The number of carbonyl (C=O) groups is 5. The summed E-state index contributed by atoms with van der Waals surface area (Å²) in [7, 11) is 0. The molecule has 12 nitrogen and oxygen atoms in total. The Morgan fingerprint density at radius 3 is 2.17 bits per heavy atom. The molecule has 2 fully saturated rings. The normalized spacial score (nSPS) is 21.4. The van der Waals surface area contributed by atoms with Crippen LogP contribution in [0.5, 0.6) is 5.75 Å². The number of hydrogen-bond acceptors (Lipinski definition) is 7. The molecule has 35 heavy (non-hydrogen) atoms. The first kappa shape index (κ1) is 25.9. The zero-order valence-electron chi connectivity index (χ0n) is 19.1. The van der Waals surface area contributed by atoms with Crippen LogP contribution in [0, 0.1) is 0 Å². The number of hydrogen-bond donors (Lipinski definition) is 5. The van der Waals surface area contributed by atoms with Gasteiger partial charge >= 0.3 is 11.9 Å². The van der Waals surface area contributed by atoms with Crippen molar-refractivity contribution in [3.8, 4) is 5.75 Å². The summed E-state index contributed by atoms with van der Waals surface area (Å²) >= 11 is 0. The van der Waals surface area contributed by atoms with Gasteiger partial charge in [-0.1, -0.05) is 12.1 Å². The first-order chi connectivity index (χ1) is 16.6. The number of carboxylic acid groups (broad SMARTS) is 2. The van der Waals surface area contributed by atoms with Crippen LogP contribution in [-0.4, -0.2) is 92.0 Å². The molecule has 4 atom stereocenters. The van der Waals surface area contributed by atoms with E-state index in [2.05, 4.69) is 5.32 Å². The number of aromatic hydroxyl groups is 1. The minimum atomic E-state index is -1.27. The Labute approximate surface area is 201 Å². The van der Waals surface area contributed by atoms with E-state index in [4.69, 9.17) is 10.8 Å². The third kappa shape index (κ3) is 6.27. The van der Waals surface area contributed by atoms with Gasteiger partial charge in [0.25, 0.3) is 0 Å². The first-order valence-electron chi connectivity index (χ1n) is 11.5. The van der Waals surface area contributed by atoms with Crippen LogP contribution in [0.3, 0.4) is 0 Å². The number of phenols is 1. The molecule has 2 aliphatic heterocycles. The van der Waals surface area contributed by atoms with Gasteiger partial charge in [-0.15, -0.1) is 0 Å². The fourth-order valence-electron chi connectivity index (χ4n) is 4.61. The molecule has 4 unspecified atom stereocenters. The van der Waals surface area contributed by atoms with Gasteiger partial charge < -0.3 is 36.2 Å². The number of carbonyl (C=O) groups excluding carboxylic acids is 3. The monoisotopic (exact) mass is 490 g/mol. The van der Waals surface area contributed by atoms with Crippen molar-refractivity contribution in [3.63, 3.8) is 0 Å². The molecule has 3 amide bonds. The van der Waals surface area contributed by atoms with Crippen LogP contribution in [0.4, 0.5) is 0 Å². The molecule has 0 saturated carbocycles. The van der Waals surface area contributed by atoms with Gasteiger partial charge in [-0.25, -0.2) is 4.79 Å². The third-order valence-corrected chi connectivity index (χ3v) is 6.36. The summed E-state index contributed by atoms with van der Waals surface area (Å²) in [6, 6.07) is 1.73. The number of carboxylic acids is 2. The number of likely N-dealkylation sites (tertiary alicyclic amines) is 2. The van der Waals surface area contributed by atoms with Crippen LogP contribution < -0.4 is 11.1 Å². The molecular weight excluding hydrogens is 460 g/mol. The molecule has 0 aromatic heterocycles. The molecule has 0 spiro atoms. The third-order valence-electron chi connectivity index (χ3n) is 6.36. The molecule has 3 rings (SSSR count). The van der Waals surface area contributed by atoms with E-state index in [0.29, 0.717) is 31.2 Å². The Kier molecular flexibility index (Phi) is 8.28. The Bertz CT molecular complexity index is 982. The number of amides is 3. The number of rotatable bonds is 9. The summed E-state index contributed by atoms with van der Waals surface area (Å²) < 4.78 is 0. The highest BCUT2D eigenvalue weighted by Crippen LogP contribution is 2.26. The second-order valence-corrected chi connectivity index (χ2v) is 8.85. The van der Waals surface area contributed by atoms with Crippen LogP contribution in [0.1, 0.15) is 37.7 Å². The lowest BCUT2D eigenvalue weighted by Crippen LogP contribution is -2.56. The van der Waals surface area contributed by atoms with Gasteiger partial charge in [-0.05, 0) is 43.4 Å². The second-order valence-electron chi connectivity index (χ2n) is 8.85. The fraction of sp³-hybridized carbons (Fsp3) is 0.522. The van der Waals surface area contributed by atoms with E-state index in [9.17, 15) is 34.2 Å². The molecule has 2 aliphatic rings. The van der Waals surface area contributed by atoms with Gasteiger partial charge in [0.15, 0.2) is 0 Å². The van der Waals surface area contributed by atoms with Crippen molar-refractivity contribution in [2.24, 2.45) is 5.73 Å². The summed E-state index contributed by atoms with van der Waals surface area (Å²) in [5.41, 5.74) is 6.32. The Balaban J connectivity index is 1.67. The number of benzene rings is 1. The minimum absolute atomic E-state index is 0.00557. The van der Waals surface area contributed by atoms with Gasteiger partial charge in [0, 0.05) is 19.5 Å². The van der Waals surface area contributed by atoms with E-state index in [0.717, 1.165) is 0 Å². The number of aliphatic carboxylic acids is 2. The van der Waals surface area contributed by atoms with Gasteiger partial charge in [-0.2, -0.15) is 0 Å². The van der Waals surface area contributed by atoms with Gasteiger partial charge in [0.1, 0.15) is 23.9 Å². The summed E-state index contributed by atoms with van der Waals surface area (Å²) in [5.74, 6) is -4.06. The van der Waals surface area contributed by atoms with Crippen molar-refractivity contribution < 1.29 is 39.3 Å². The van der Waals surface area contributed by atoms with Crippen molar-refractivity contribution in [2.75, 3.05) is 13.1 Å². The Morgan fingerprint density at radius 1 is 0.971 bits per heavy atom. The average molecular weight is 491 g/mol. The van der Waals surface area contributed by atoms with Gasteiger partial charge in [-0.3, -0.25) is 19.2 Å². The predicted molar refractivity (Wildman–Crippen MR) is 121 cm³/mol. The highest BCUT2D eigenvalue weighted by atomic mass is 16.4. The zero-order chi connectivity index (χ0) is 25.7. The maximum atomic E-state index is 13.3. The zero-order valence-corrected chi connectivity index (χ0v) is 19.1. The maximum Gasteiger partial charge on any atom is 0.326 e. The molecule has 6 N–H and O–H groups in total. The molecule has 1 aromatic rings. The topological polar surface area (TPSA) is 191 Å². The van der Waals surface area contributed by atoms with Crippen LogP contribution >= 0.6 is 0 Å². The minimum Gasteiger partial charge on any atom is -0.508 e. The van der Waals surface area contributed by atoms with Crippen LogP contribution in [-0.2, 0) is 30.4 Å². The molecule has 1 aromatic carbocycles. The second kappa shape index (κ2) is 11.2. The number of nitrogens with zero attached hydrogens (tertiary/aromatic N) is 2. The average Bonchev–Trinajstić information content (AvgIpc) is 3.48. The number of nitrogens with one attached hydrogen (secondary N) is 1. The molecule has 2 heterocycles. The quantitative estimate of drug-likeness (QED) is 0.297. The van der Waals surface area contributed by atoms with Crippen LogP contribution in [0.15, 0.2) is 24.3 Å². The molecule has 0 radical (unpaired) electrons. The molecule has 2 saturated heterocycles. The summed E-state index contributed by atoms with van der Waals surface area (Å²) in [6.45, 7) is 0.549. The molecule has 190 valence electrons. The Morgan fingerprint density at radius 2 is 1.57 bits per heavy atom. The van der Waals surface area contributed by atoms with E-state index in [1.165, 1.54) is 21.9 Å². The smallest absolute Gasteiger partial charge is 0.326 e. The summed E-state index contributed by atoms with van der Waals surface area (Å²) in [4.78, 5) is 64.3. The molecule has 0 aliphatic carbocycles. The lowest BCUT2D eigenvalue weighted by Gasteiger charge is -2.32. The van der Waals surface area contributed by atoms with Crippen molar-refractivity contribution in [3.05, 3.63) is 29.8 Å². The maximum absolute atomic E-state index is 13.3. The van der Waals surface area contributed by atoms with Gasteiger partial charge in [0.2, 0.25) is 17.7 Å². The van der Waals surface area contributed by atoms with Crippen molar-refractivity contribution >= 4 is 29.7 Å². The fourth-order valence-corrected chi connectivity index (χ4v) is 4.61. The van der Waals surface area contributed by atoms with E-state index in [-0.39, 0.29) is 25.3 Å².